The van der Waals surface area contributed by atoms with E-state index in [9.17, 15) is 9.59 Å². The second-order valence-corrected chi connectivity index (χ2v) is 7.26. The quantitative estimate of drug-likeness (QED) is 0.895. The molecule has 2 aliphatic heterocycles. The monoisotopic (exact) mass is 367 g/mol. The molecule has 0 aliphatic carbocycles. The smallest absolute Gasteiger partial charge is 0.251 e. The molecule has 0 unspecified atom stereocenters. The molecular formula is C20H25N5O2. The molecule has 0 bridgehead atoms. The molecule has 3 heterocycles. The Hall–Kier alpha value is -2.70. The Morgan fingerprint density at radius 3 is 2.85 bits per heavy atom. The largest absolute Gasteiger partial charge is 0.352 e. The van der Waals surface area contributed by atoms with Crippen LogP contribution in [0.5, 0.6) is 0 Å². The summed E-state index contributed by atoms with van der Waals surface area (Å²) in [5, 5.41) is 11.6. The number of nitrogens with one attached hydrogen (secondary N) is 1. The maximum absolute atomic E-state index is 12.5. The second-order valence-electron chi connectivity index (χ2n) is 7.26. The van der Waals surface area contributed by atoms with Crippen molar-refractivity contribution in [1.82, 2.24) is 20.1 Å². The van der Waals surface area contributed by atoms with Crippen LogP contribution in [-0.2, 0) is 30.6 Å². The van der Waals surface area contributed by atoms with Crippen LogP contribution in [-0.4, -0.2) is 39.7 Å². The van der Waals surface area contributed by atoms with Crippen LogP contribution in [0.2, 0.25) is 0 Å². The predicted octanol–water partition coefficient (Wildman–Crippen LogP) is 1.89. The lowest BCUT2D eigenvalue weighted by Gasteiger charge is -2.14. The van der Waals surface area contributed by atoms with Gasteiger partial charge in [0, 0.05) is 50.7 Å². The van der Waals surface area contributed by atoms with Crippen molar-refractivity contribution in [3.8, 4) is 0 Å². The van der Waals surface area contributed by atoms with Crippen molar-refractivity contribution in [2.24, 2.45) is 0 Å². The van der Waals surface area contributed by atoms with Crippen molar-refractivity contribution < 1.29 is 9.59 Å². The van der Waals surface area contributed by atoms with Gasteiger partial charge in [-0.25, -0.2) is 0 Å². The zero-order valence-electron chi connectivity index (χ0n) is 15.7. The molecule has 2 aliphatic rings. The molecule has 0 saturated heterocycles. The molecule has 0 spiro atoms. The van der Waals surface area contributed by atoms with E-state index in [1.165, 1.54) is 12.8 Å². The van der Waals surface area contributed by atoms with Crippen molar-refractivity contribution >= 4 is 17.5 Å². The van der Waals surface area contributed by atoms with Crippen LogP contribution in [0.1, 0.15) is 53.8 Å². The van der Waals surface area contributed by atoms with Crippen molar-refractivity contribution in [2.45, 2.75) is 52.0 Å². The highest BCUT2D eigenvalue weighted by Crippen LogP contribution is 2.28. The predicted molar refractivity (Wildman–Crippen MR) is 102 cm³/mol. The van der Waals surface area contributed by atoms with Gasteiger partial charge in [-0.2, -0.15) is 0 Å². The van der Waals surface area contributed by atoms with E-state index in [1.54, 1.807) is 17.9 Å². The molecule has 4 rings (SSSR count). The summed E-state index contributed by atoms with van der Waals surface area (Å²) in [5.74, 6) is 1.98. The number of benzene rings is 1. The number of anilines is 1. The number of aryl methyl sites for hydroxylation is 1. The third kappa shape index (κ3) is 3.59. The summed E-state index contributed by atoms with van der Waals surface area (Å²) in [6, 6.07) is 5.56. The lowest BCUT2D eigenvalue weighted by atomic mass is 10.1. The number of amides is 2. The average molecular weight is 367 g/mol. The SMILES string of the molecule is CC(=O)N1CCc2cc(C(=O)NCCc3nnc4n3CCCCC4)ccc21. The maximum atomic E-state index is 12.5. The van der Waals surface area contributed by atoms with Gasteiger partial charge in [0.1, 0.15) is 11.6 Å². The number of hydrogen-bond donors (Lipinski definition) is 1. The van der Waals surface area contributed by atoms with Crippen LogP contribution in [0.15, 0.2) is 18.2 Å². The van der Waals surface area contributed by atoms with Gasteiger partial charge in [0.05, 0.1) is 0 Å². The van der Waals surface area contributed by atoms with Crippen molar-refractivity contribution in [1.29, 1.82) is 0 Å². The first-order valence-corrected chi connectivity index (χ1v) is 9.73. The molecule has 142 valence electrons. The van der Waals surface area contributed by atoms with Crippen LogP contribution in [0.3, 0.4) is 0 Å². The maximum Gasteiger partial charge on any atom is 0.251 e. The van der Waals surface area contributed by atoms with E-state index in [2.05, 4.69) is 20.1 Å². The first-order chi connectivity index (χ1) is 13.1. The molecule has 1 N–H and O–H groups in total. The molecule has 0 fully saturated rings. The van der Waals surface area contributed by atoms with E-state index in [0.717, 1.165) is 48.7 Å². The van der Waals surface area contributed by atoms with E-state index in [1.807, 2.05) is 12.1 Å². The Bertz CT molecular complexity index is 873. The highest BCUT2D eigenvalue weighted by molar-refractivity contribution is 5.97. The van der Waals surface area contributed by atoms with E-state index < -0.39 is 0 Å². The highest BCUT2D eigenvalue weighted by atomic mass is 16.2. The summed E-state index contributed by atoms with van der Waals surface area (Å²) < 4.78 is 2.21. The van der Waals surface area contributed by atoms with Crippen LogP contribution in [0.25, 0.3) is 0 Å². The lowest BCUT2D eigenvalue weighted by Crippen LogP contribution is -2.27. The number of rotatable bonds is 4. The topological polar surface area (TPSA) is 80.1 Å². The molecule has 0 radical (unpaired) electrons. The van der Waals surface area contributed by atoms with Crippen molar-refractivity contribution in [3.63, 3.8) is 0 Å². The van der Waals surface area contributed by atoms with E-state index in [0.29, 0.717) is 25.1 Å². The molecule has 7 heteroatoms. The van der Waals surface area contributed by atoms with Crippen LogP contribution in [0, 0.1) is 0 Å². The fourth-order valence-corrected chi connectivity index (χ4v) is 3.99. The Balaban J connectivity index is 1.37. The molecule has 2 amide bonds. The Labute approximate surface area is 158 Å². The zero-order chi connectivity index (χ0) is 18.8. The van der Waals surface area contributed by atoms with Gasteiger partial charge in [0.2, 0.25) is 5.91 Å². The summed E-state index contributed by atoms with van der Waals surface area (Å²) in [7, 11) is 0. The summed E-state index contributed by atoms with van der Waals surface area (Å²) >= 11 is 0. The van der Waals surface area contributed by atoms with Crippen molar-refractivity contribution in [3.05, 3.63) is 41.0 Å². The fourth-order valence-electron chi connectivity index (χ4n) is 3.99. The van der Waals surface area contributed by atoms with Gasteiger partial charge >= 0.3 is 0 Å². The third-order valence-electron chi connectivity index (χ3n) is 5.44. The molecule has 7 nitrogen and oxygen atoms in total. The second kappa shape index (κ2) is 7.50. The first-order valence-electron chi connectivity index (χ1n) is 9.73. The van der Waals surface area contributed by atoms with Crippen LogP contribution < -0.4 is 10.2 Å². The van der Waals surface area contributed by atoms with E-state index >= 15 is 0 Å². The molecule has 27 heavy (non-hydrogen) atoms. The minimum Gasteiger partial charge on any atom is -0.352 e. The fraction of sp³-hybridized carbons (Fsp3) is 0.500. The average Bonchev–Trinajstić information content (AvgIpc) is 3.18. The number of aromatic nitrogens is 3. The molecular weight excluding hydrogens is 342 g/mol. The Morgan fingerprint density at radius 2 is 2.00 bits per heavy atom. The molecule has 1 aromatic heterocycles. The summed E-state index contributed by atoms with van der Waals surface area (Å²) in [6.45, 7) is 3.77. The zero-order valence-corrected chi connectivity index (χ0v) is 15.7. The van der Waals surface area contributed by atoms with Gasteiger partial charge in [-0.3, -0.25) is 9.59 Å². The summed E-state index contributed by atoms with van der Waals surface area (Å²) in [5.41, 5.74) is 2.62. The van der Waals surface area contributed by atoms with Gasteiger partial charge < -0.3 is 14.8 Å². The standard InChI is InChI=1S/C20H25N5O2/c1-14(26)24-12-9-15-13-16(6-7-17(15)24)20(27)21-10-8-19-23-22-18-5-3-2-4-11-25(18)19/h6-7,13H,2-5,8-12H2,1H3,(H,21,27). The number of fused-ring (bicyclic) bond motifs is 2. The third-order valence-corrected chi connectivity index (χ3v) is 5.44. The van der Waals surface area contributed by atoms with Gasteiger partial charge in [0.15, 0.2) is 0 Å². The minimum absolute atomic E-state index is 0.0402. The lowest BCUT2D eigenvalue weighted by molar-refractivity contribution is -0.116. The van der Waals surface area contributed by atoms with Crippen molar-refractivity contribution in [2.75, 3.05) is 18.0 Å². The number of hydrogen-bond acceptors (Lipinski definition) is 4. The van der Waals surface area contributed by atoms with Gasteiger partial charge in [0.25, 0.3) is 5.91 Å². The molecule has 0 saturated carbocycles. The van der Waals surface area contributed by atoms with Crippen LogP contribution >= 0.6 is 0 Å². The summed E-state index contributed by atoms with van der Waals surface area (Å²) in [4.78, 5) is 25.9. The number of carbonyl (C=O) groups excluding carboxylic acids is 2. The minimum atomic E-state index is -0.0883. The highest BCUT2D eigenvalue weighted by Gasteiger charge is 2.23. The molecule has 2 aromatic rings. The Kier molecular flexibility index (Phi) is 4.92. The molecule has 1 aromatic carbocycles. The van der Waals surface area contributed by atoms with E-state index in [-0.39, 0.29) is 11.8 Å². The first kappa shape index (κ1) is 17.7. The summed E-state index contributed by atoms with van der Waals surface area (Å²) in [6.07, 6.45) is 6.04. The Morgan fingerprint density at radius 1 is 1.11 bits per heavy atom. The van der Waals surface area contributed by atoms with Gasteiger partial charge in [-0.1, -0.05) is 6.42 Å². The molecule has 0 atom stereocenters. The number of nitrogens with zero attached hydrogens (tertiary/aromatic N) is 4. The van der Waals surface area contributed by atoms with Gasteiger partial charge in [-0.05, 0) is 43.0 Å². The van der Waals surface area contributed by atoms with Crippen LogP contribution in [0.4, 0.5) is 5.69 Å². The normalized spacial score (nSPS) is 15.8. The number of carbonyl (C=O) groups is 2. The van der Waals surface area contributed by atoms with Gasteiger partial charge in [-0.15, -0.1) is 10.2 Å². The van der Waals surface area contributed by atoms with E-state index in [4.69, 9.17) is 0 Å².